The lowest BCUT2D eigenvalue weighted by molar-refractivity contribution is 0.0523. The van der Waals surface area contributed by atoms with E-state index in [0.717, 1.165) is 5.69 Å². The first-order valence-electron chi connectivity index (χ1n) is 7.32. The Morgan fingerprint density at radius 1 is 1.17 bits per heavy atom. The number of furan rings is 1. The maximum atomic E-state index is 11.8. The van der Waals surface area contributed by atoms with Crippen LogP contribution in [-0.2, 0) is 11.3 Å². The molecule has 0 saturated heterocycles. The Morgan fingerprint density at radius 2 is 1.87 bits per heavy atom. The summed E-state index contributed by atoms with van der Waals surface area (Å²) in [6.07, 6.45) is 1.46. The molecule has 0 bridgehead atoms. The molecule has 122 valence electrons. The number of hydrogen-bond acceptors (Lipinski definition) is 5. The fourth-order valence-corrected chi connectivity index (χ4v) is 2.04. The lowest BCUT2D eigenvalue weighted by Crippen LogP contribution is -2.21. The topological polar surface area (TPSA) is 71.8 Å². The summed E-state index contributed by atoms with van der Waals surface area (Å²) >= 11 is 0. The molecule has 0 aliphatic heterocycles. The fourth-order valence-electron chi connectivity index (χ4n) is 2.04. The largest absolute Gasteiger partial charge is 0.467 e. The summed E-state index contributed by atoms with van der Waals surface area (Å²) in [6, 6.07) is 8.71. The van der Waals surface area contributed by atoms with Crippen LogP contribution >= 0.6 is 0 Å². The van der Waals surface area contributed by atoms with Crippen molar-refractivity contribution in [1.82, 2.24) is 4.90 Å². The number of nitrogens with zero attached hydrogens (tertiary/aromatic N) is 1. The van der Waals surface area contributed by atoms with Gasteiger partial charge in [-0.3, -0.25) is 4.79 Å². The predicted molar refractivity (Wildman–Crippen MR) is 86.5 cm³/mol. The fraction of sp³-hybridized carbons (Fsp3) is 0.294. The minimum Gasteiger partial charge on any atom is -0.467 e. The monoisotopic (exact) mass is 316 g/mol. The first-order chi connectivity index (χ1) is 11.0. The van der Waals surface area contributed by atoms with Gasteiger partial charge in [-0.05, 0) is 37.3 Å². The zero-order valence-electron chi connectivity index (χ0n) is 13.5. The zero-order valence-corrected chi connectivity index (χ0v) is 13.5. The van der Waals surface area contributed by atoms with Gasteiger partial charge in [-0.25, -0.2) is 4.79 Å². The van der Waals surface area contributed by atoms with Gasteiger partial charge in [0.05, 0.1) is 19.4 Å². The molecule has 6 heteroatoms. The van der Waals surface area contributed by atoms with Crippen molar-refractivity contribution in [2.24, 2.45) is 0 Å². The van der Waals surface area contributed by atoms with Crippen molar-refractivity contribution < 1.29 is 18.7 Å². The molecule has 2 aromatic rings. The van der Waals surface area contributed by atoms with Gasteiger partial charge in [0.1, 0.15) is 11.3 Å². The number of amides is 1. The number of carbonyl (C=O) groups excluding carboxylic acids is 2. The molecule has 23 heavy (non-hydrogen) atoms. The number of ether oxygens (including phenoxy) is 1. The Morgan fingerprint density at radius 3 is 2.48 bits per heavy atom. The van der Waals surface area contributed by atoms with E-state index in [1.807, 2.05) is 12.1 Å². The van der Waals surface area contributed by atoms with Crippen molar-refractivity contribution in [1.29, 1.82) is 0 Å². The molecule has 0 aliphatic rings. The van der Waals surface area contributed by atoms with Crippen LogP contribution in [-0.4, -0.2) is 37.5 Å². The third-order valence-corrected chi connectivity index (χ3v) is 3.23. The highest BCUT2D eigenvalue weighted by Crippen LogP contribution is 2.16. The minimum atomic E-state index is -0.398. The first-order valence-corrected chi connectivity index (χ1v) is 7.32. The van der Waals surface area contributed by atoms with Crippen LogP contribution in [0.3, 0.4) is 0 Å². The van der Waals surface area contributed by atoms with Crippen molar-refractivity contribution in [3.05, 3.63) is 53.5 Å². The van der Waals surface area contributed by atoms with Gasteiger partial charge in [0.25, 0.3) is 5.91 Å². The standard InChI is InChI=1S/C17H20N2O4/c1-4-22-17(21)14-9-10-23-15(14)11-18-13-7-5-12(6-8-13)16(20)19(2)3/h5-10,18H,4,11H2,1-3H3. The highest BCUT2D eigenvalue weighted by molar-refractivity contribution is 5.94. The van der Waals surface area contributed by atoms with Crippen LogP contribution < -0.4 is 5.32 Å². The molecule has 1 amide bonds. The number of carbonyl (C=O) groups is 2. The molecule has 0 spiro atoms. The second kappa shape index (κ2) is 7.49. The molecule has 1 aromatic heterocycles. The summed E-state index contributed by atoms with van der Waals surface area (Å²) in [5.74, 6) is 0.0639. The highest BCUT2D eigenvalue weighted by Gasteiger charge is 2.15. The van der Waals surface area contributed by atoms with Crippen LogP contribution in [0.15, 0.2) is 41.0 Å². The second-order valence-corrected chi connectivity index (χ2v) is 5.11. The highest BCUT2D eigenvalue weighted by atomic mass is 16.5. The third-order valence-electron chi connectivity index (χ3n) is 3.23. The molecule has 1 N–H and O–H groups in total. The van der Waals surface area contributed by atoms with E-state index in [9.17, 15) is 9.59 Å². The molecule has 6 nitrogen and oxygen atoms in total. The van der Waals surface area contributed by atoms with E-state index in [-0.39, 0.29) is 5.91 Å². The van der Waals surface area contributed by atoms with Crippen LogP contribution in [0.2, 0.25) is 0 Å². The summed E-state index contributed by atoms with van der Waals surface area (Å²) < 4.78 is 10.3. The first kappa shape index (κ1) is 16.6. The quantitative estimate of drug-likeness (QED) is 0.830. The number of anilines is 1. The van der Waals surface area contributed by atoms with E-state index in [2.05, 4.69) is 5.32 Å². The van der Waals surface area contributed by atoms with Gasteiger partial charge in [0.15, 0.2) is 0 Å². The van der Waals surface area contributed by atoms with Gasteiger partial charge in [-0.1, -0.05) is 0 Å². The summed E-state index contributed by atoms with van der Waals surface area (Å²) in [7, 11) is 3.42. The van der Waals surface area contributed by atoms with E-state index < -0.39 is 5.97 Å². The molecule has 0 aliphatic carbocycles. The van der Waals surface area contributed by atoms with Crippen molar-refractivity contribution >= 4 is 17.6 Å². The molecular weight excluding hydrogens is 296 g/mol. The molecule has 1 heterocycles. The molecule has 0 radical (unpaired) electrons. The van der Waals surface area contributed by atoms with E-state index in [1.165, 1.54) is 11.2 Å². The molecule has 0 fully saturated rings. The van der Waals surface area contributed by atoms with Gasteiger partial charge >= 0.3 is 5.97 Å². The summed E-state index contributed by atoms with van der Waals surface area (Å²) in [4.78, 5) is 25.1. The molecule has 0 saturated carbocycles. The summed E-state index contributed by atoms with van der Waals surface area (Å²) in [6.45, 7) is 2.42. The van der Waals surface area contributed by atoms with Gasteiger partial charge in [-0.2, -0.15) is 0 Å². The summed E-state index contributed by atoms with van der Waals surface area (Å²) in [5.41, 5.74) is 1.86. The van der Waals surface area contributed by atoms with Crippen LogP contribution in [0.5, 0.6) is 0 Å². The Bertz CT molecular complexity index is 674. The van der Waals surface area contributed by atoms with Gasteiger partial charge in [-0.15, -0.1) is 0 Å². The van der Waals surface area contributed by atoms with Crippen molar-refractivity contribution in [2.75, 3.05) is 26.0 Å². The van der Waals surface area contributed by atoms with E-state index in [4.69, 9.17) is 9.15 Å². The number of hydrogen-bond donors (Lipinski definition) is 1. The van der Waals surface area contributed by atoms with Crippen LogP contribution in [0, 0.1) is 0 Å². The van der Waals surface area contributed by atoms with Gasteiger partial charge < -0.3 is 19.4 Å². The number of rotatable bonds is 6. The normalized spacial score (nSPS) is 10.2. The molecule has 1 aromatic carbocycles. The lowest BCUT2D eigenvalue weighted by atomic mass is 10.2. The third kappa shape index (κ3) is 4.12. The maximum absolute atomic E-state index is 11.8. The number of esters is 1. The maximum Gasteiger partial charge on any atom is 0.341 e. The lowest BCUT2D eigenvalue weighted by Gasteiger charge is -2.11. The van der Waals surface area contributed by atoms with Gasteiger partial charge in [0, 0.05) is 25.3 Å². The Balaban J connectivity index is 2.00. The predicted octanol–water partition coefficient (Wildman–Crippen LogP) is 2.77. The van der Waals surface area contributed by atoms with Crippen LogP contribution in [0.4, 0.5) is 5.69 Å². The summed E-state index contributed by atoms with van der Waals surface area (Å²) in [5, 5.41) is 3.15. The van der Waals surface area contributed by atoms with Crippen molar-refractivity contribution in [2.45, 2.75) is 13.5 Å². The minimum absolute atomic E-state index is 0.0489. The molecular formula is C17H20N2O4. The van der Waals surface area contributed by atoms with E-state index >= 15 is 0 Å². The average Bonchev–Trinajstić information content (AvgIpc) is 3.01. The SMILES string of the molecule is CCOC(=O)c1ccoc1CNc1ccc(C(=O)N(C)C)cc1. The molecule has 2 rings (SSSR count). The smallest absolute Gasteiger partial charge is 0.341 e. The van der Waals surface area contributed by atoms with Crippen LogP contribution in [0.25, 0.3) is 0 Å². The Hall–Kier alpha value is -2.76. The van der Waals surface area contributed by atoms with E-state index in [0.29, 0.717) is 30.0 Å². The Kier molecular flexibility index (Phi) is 5.41. The Labute approximate surface area is 135 Å². The van der Waals surface area contributed by atoms with E-state index in [1.54, 1.807) is 39.2 Å². The molecule has 0 atom stereocenters. The van der Waals surface area contributed by atoms with Crippen molar-refractivity contribution in [3.63, 3.8) is 0 Å². The van der Waals surface area contributed by atoms with Crippen LogP contribution in [0.1, 0.15) is 33.4 Å². The zero-order chi connectivity index (χ0) is 16.8. The van der Waals surface area contributed by atoms with Gasteiger partial charge in [0.2, 0.25) is 0 Å². The average molecular weight is 316 g/mol. The molecule has 0 unspecified atom stereocenters. The number of benzene rings is 1. The number of nitrogens with one attached hydrogen (secondary N) is 1. The van der Waals surface area contributed by atoms with Crippen molar-refractivity contribution in [3.8, 4) is 0 Å². The second-order valence-electron chi connectivity index (χ2n) is 5.11.